The third kappa shape index (κ3) is 6.00. The maximum Gasteiger partial charge on any atom is 0.417 e. The number of Topliss-reactive ketones (excluding diaryl/α,β-unsaturated/α-hetero) is 1. The van der Waals surface area contributed by atoms with Crippen molar-refractivity contribution in [2.24, 2.45) is 5.92 Å². The number of ketones is 1. The van der Waals surface area contributed by atoms with Crippen LogP contribution < -0.4 is 0 Å². The molecule has 7 nitrogen and oxygen atoms in total. The molecule has 0 spiro atoms. The van der Waals surface area contributed by atoms with E-state index >= 15 is 0 Å². The standard InChI is InChI=1S/C30H33NO6/c1-20-11-10-14-23(17-20)24-18-27(37-26(24)15-8-3-4-9-16-32)28(33)21(2)29(34)31-25(19-36-30(31)35)22-12-6-5-7-13-22/h5-7,10-14,17-18,21,25,32H,3-4,8-9,15-16,19H2,1-2H3/t21-,25+/m0/s1. The minimum atomic E-state index is -1.12. The molecule has 2 amide bonds. The molecule has 7 heteroatoms. The van der Waals surface area contributed by atoms with E-state index in [1.54, 1.807) is 6.07 Å². The van der Waals surface area contributed by atoms with E-state index in [0.29, 0.717) is 12.2 Å². The van der Waals surface area contributed by atoms with E-state index in [1.165, 1.54) is 6.92 Å². The highest BCUT2D eigenvalue weighted by Crippen LogP contribution is 2.33. The Labute approximate surface area is 217 Å². The highest BCUT2D eigenvalue weighted by atomic mass is 16.6. The fourth-order valence-electron chi connectivity index (χ4n) is 4.66. The highest BCUT2D eigenvalue weighted by molar-refractivity contribution is 6.12. The molecule has 0 radical (unpaired) electrons. The number of rotatable bonds is 11. The Balaban J connectivity index is 1.57. The van der Waals surface area contributed by atoms with Gasteiger partial charge in [-0.25, -0.2) is 9.69 Å². The Morgan fingerprint density at radius 3 is 2.51 bits per heavy atom. The summed E-state index contributed by atoms with van der Waals surface area (Å²) in [7, 11) is 0. The summed E-state index contributed by atoms with van der Waals surface area (Å²) in [6.07, 6.45) is 3.36. The van der Waals surface area contributed by atoms with Gasteiger partial charge in [0.05, 0.1) is 0 Å². The summed E-state index contributed by atoms with van der Waals surface area (Å²) in [5.74, 6) is -1.41. The lowest BCUT2D eigenvalue weighted by Crippen LogP contribution is -2.40. The van der Waals surface area contributed by atoms with Gasteiger partial charge in [-0.05, 0) is 43.9 Å². The molecule has 0 aliphatic carbocycles. The number of hydrogen-bond donors (Lipinski definition) is 1. The van der Waals surface area contributed by atoms with Crippen LogP contribution in [0.25, 0.3) is 11.1 Å². The first-order valence-corrected chi connectivity index (χ1v) is 12.8. The Morgan fingerprint density at radius 2 is 1.78 bits per heavy atom. The molecular weight excluding hydrogens is 470 g/mol. The number of carbonyl (C=O) groups excluding carboxylic acids is 3. The molecule has 1 aliphatic heterocycles. The van der Waals surface area contributed by atoms with Crippen LogP contribution in [0.4, 0.5) is 4.79 Å². The van der Waals surface area contributed by atoms with E-state index in [0.717, 1.165) is 52.8 Å². The van der Waals surface area contributed by atoms with E-state index in [9.17, 15) is 14.4 Å². The van der Waals surface area contributed by atoms with Gasteiger partial charge in [0.25, 0.3) is 0 Å². The number of carbonyl (C=O) groups is 3. The number of aliphatic hydroxyl groups excluding tert-OH is 1. The van der Waals surface area contributed by atoms with Crippen LogP contribution in [0.3, 0.4) is 0 Å². The second-order valence-corrected chi connectivity index (χ2v) is 9.50. The summed E-state index contributed by atoms with van der Waals surface area (Å²) >= 11 is 0. The third-order valence-corrected chi connectivity index (χ3v) is 6.75. The molecule has 3 aromatic rings. The van der Waals surface area contributed by atoms with Crippen LogP contribution in [0, 0.1) is 12.8 Å². The lowest BCUT2D eigenvalue weighted by Gasteiger charge is -2.22. The molecule has 1 aliphatic rings. The van der Waals surface area contributed by atoms with E-state index in [2.05, 4.69) is 0 Å². The number of hydrogen-bond acceptors (Lipinski definition) is 6. The Hall–Kier alpha value is -3.71. The Kier molecular flexibility index (Phi) is 8.56. The number of benzene rings is 2. The average molecular weight is 504 g/mol. The normalized spacial score (nSPS) is 16.0. The molecule has 2 heterocycles. The van der Waals surface area contributed by atoms with Crippen LogP contribution in [-0.2, 0) is 16.0 Å². The zero-order chi connectivity index (χ0) is 26.4. The molecule has 1 N–H and O–H groups in total. The predicted molar refractivity (Wildman–Crippen MR) is 139 cm³/mol. The third-order valence-electron chi connectivity index (χ3n) is 6.75. The number of unbranched alkanes of at least 4 members (excludes halogenated alkanes) is 3. The topological polar surface area (TPSA) is 97.1 Å². The first-order chi connectivity index (χ1) is 17.9. The smallest absolute Gasteiger partial charge is 0.417 e. The molecule has 1 fully saturated rings. The van der Waals surface area contributed by atoms with Gasteiger partial charge in [-0.1, -0.05) is 73.0 Å². The number of imide groups is 1. The van der Waals surface area contributed by atoms with Crippen LogP contribution in [0.15, 0.2) is 65.1 Å². The van der Waals surface area contributed by atoms with Gasteiger partial charge in [0.1, 0.15) is 24.3 Å². The zero-order valence-corrected chi connectivity index (χ0v) is 21.3. The summed E-state index contributed by atoms with van der Waals surface area (Å²) in [5.41, 5.74) is 3.63. The van der Waals surface area contributed by atoms with Crippen LogP contribution in [0.1, 0.15) is 66.1 Å². The molecule has 37 heavy (non-hydrogen) atoms. The maximum atomic E-state index is 13.5. The van der Waals surface area contributed by atoms with Crippen molar-refractivity contribution in [3.05, 3.63) is 83.3 Å². The number of aryl methyl sites for hydroxylation is 2. The summed E-state index contributed by atoms with van der Waals surface area (Å²) in [4.78, 5) is 40.3. The van der Waals surface area contributed by atoms with E-state index in [-0.39, 0.29) is 19.0 Å². The second-order valence-electron chi connectivity index (χ2n) is 9.50. The van der Waals surface area contributed by atoms with Gasteiger partial charge in [0, 0.05) is 18.6 Å². The van der Waals surface area contributed by atoms with Crippen molar-refractivity contribution in [1.29, 1.82) is 0 Å². The van der Waals surface area contributed by atoms with Crippen LogP contribution >= 0.6 is 0 Å². The first-order valence-electron chi connectivity index (χ1n) is 12.8. The van der Waals surface area contributed by atoms with Crippen LogP contribution in [0.2, 0.25) is 0 Å². The number of aliphatic hydroxyl groups is 1. The Morgan fingerprint density at radius 1 is 1.03 bits per heavy atom. The predicted octanol–water partition coefficient (Wildman–Crippen LogP) is 5.89. The summed E-state index contributed by atoms with van der Waals surface area (Å²) < 4.78 is 11.2. The van der Waals surface area contributed by atoms with Crippen molar-refractivity contribution in [3.63, 3.8) is 0 Å². The van der Waals surface area contributed by atoms with Gasteiger partial charge in [0.2, 0.25) is 11.7 Å². The van der Waals surface area contributed by atoms with Crippen molar-refractivity contribution >= 4 is 17.8 Å². The Bertz CT molecular complexity index is 1250. The van der Waals surface area contributed by atoms with E-state index < -0.39 is 29.7 Å². The minimum absolute atomic E-state index is 0.0498. The minimum Gasteiger partial charge on any atom is -0.457 e. The average Bonchev–Trinajstić information content (AvgIpc) is 3.51. The monoisotopic (exact) mass is 503 g/mol. The molecular formula is C30H33NO6. The largest absolute Gasteiger partial charge is 0.457 e. The first kappa shape index (κ1) is 26.4. The number of amides is 2. The summed E-state index contributed by atoms with van der Waals surface area (Å²) in [6.45, 7) is 3.73. The van der Waals surface area contributed by atoms with Crippen molar-refractivity contribution in [3.8, 4) is 11.1 Å². The lowest BCUT2D eigenvalue weighted by molar-refractivity contribution is -0.131. The van der Waals surface area contributed by atoms with Crippen molar-refractivity contribution < 1.29 is 28.6 Å². The van der Waals surface area contributed by atoms with E-state index in [1.807, 2.05) is 61.5 Å². The van der Waals surface area contributed by atoms with Gasteiger partial charge in [-0.2, -0.15) is 0 Å². The van der Waals surface area contributed by atoms with Gasteiger partial charge in [-0.15, -0.1) is 0 Å². The fourth-order valence-corrected chi connectivity index (χ4v) is 4.66. The second kappa shape index (κ2) is 12.0. The molecule has 2 aromatic carbocycles. The van der Waals surface area contributed by atoms with Gasteiger partial charge >= 0.3 is 6.09 Å². The SMILES string of the molecule is Cc1cccc(-c2cc(C(=O)[C@H](C)C(=O)N3C(=O)OC[C@@H]3c3ccccc3)oc2CCCCCCO)c1. The molecule has 4 rings (SSSR count). The molecule has 0 bridgehead atoms. The van der Waals surface area contributed by atoms with Crippen molar-refractivity contribution in [2.75, 3.05) is 13.2 Å². The number of cyclic esters (lactones) is 1. The summed E-state index contributed by atoms with van der Waals surface area (Å²) in [6, 6.07) is 18.3. The molecule has 2 atom stereocenters. The molecule has 1 aromatic heterocycles. The van der Waals surface area contributed by atoms with Gasteiger partial charge in [0.15, 0.2) is 5.76 Å². The van der Waals surface area contributed by atoms with Gasteiger partial charge < -0.3 is 14.3 Å². The molecule has 0 unspecified atom stereocenters. The quantitative estimate of drug-likeness (QED) is 0.199. The highest BCUT2D eigenvalue weighted by Gasteiger charge is 2.42. The lowest BCUT2D eigenvalue weighted by atomic mass is 9.98. The van der Waals surface area contributed by atoms with Crippen LogP contribution in [-0.4, -0.2) is 41.0 Å². The van der Waals surface area contributed by atoms with Crippen molar-refractivity contribution in [1.82, 2.24) is 4.90 Å². The van der Waals surface area contributed by atoms with Crippen molar-refractivity contribution in [2.45, 2.75) is 52.0 Å². The fraction of sp³-hybridized carbons (Fsp3) is 0.367. The number of nitrogens with zero attached hydrogens (tertiary/aromatic N) is 1. The number of furan rings is 1. The number of ether oxygens (including phenoxy) is 1. The van der Waals surface area contributed by atoms with Gasteiger partial charge in [-0.3, -0.25) is 9.59 Å². The molecule has 1 saturated heterocycles. The van der Waals surface area contributed by atoms with Crippen LogP contribution in [0.5, 0.6) is 0 Å². The molecule has 194 valence electrons. The molecule has 0 saturated carbocycles. The summed E-state index contributed by atoms with van der Waals surface area (Å²) in [5, 5.41) is 9.02. The van der Waals surface area contributed by atoms with E-state index in [4.69, 9.17) is 14.3 Å². The zero-order valence-electron chi connectivity index (χ0n) is 21.3. The maximum absolute atomic E-state index is 13.5.